The number of hydrogen-bond acceptors (Lipinski definition) is 2. The van der Waals surface area contributed by atoms with Crippen molar-refractivity contribution in [2.75, 3.05) is 0 Å². The molecule has 0 aliphatic heterocycles. The van der Waals surface area contributed by atoms with E-state index in [1.165, 1.54) is 0 Å². The summed E-state index contributed by atoms with van der Waals surface area (Å²) in [6, 6.07) is -1.28. The van der Waals surface area contributed by atoms with Crippen LogP contribution in [-0.2, 0) is 4.79 Å². The number of carbonyl (C=O) groups excluding carboxylic acids is 1. The van der Waals surface area contributed by atoms with Gasteiger partial charge in [0.1, 0.15) is 6.04 Å². The molecule has 0 aromatic heterocycles. The van der Waals surface area contributed by atoms with Crippen LogP contribution in [0.2, 0.25) is 0 Å². The van der Waals surface area contributed by atoms with Crippen molar-refractivity contribution in [2.24, 2.45) is 5.92 Å². The minimum atomic E-state index is -1.00. The van der Waals surface area contributed by atoms with E-state index >= 15 is 0 Å². The molecule has 0 aliphatic carbocycles. The van der Waals surface area contributed by atoms with Gasteiger partial charge in [-0.3, -0.25) is 0 Å². The minimum Gasteiger partial charge on any atom is -0.480 e. The molecule has 0 heterocycles. The van der Waals surface area contributed by atoms with Crippen molar-refractivity contribution in [3.8, 4) is 0 Å². The summed E-state index contributed by atoms with van der Waals surface area (Å²) in [4.78, 5) is 22.4. The Morgan fingerprint density at radius 3 is 2.06 bits per heavy atom. The highest BCUT2D eigenvalue weighted by atomic mass is 16.4. The fourth-order valence-corrected chi connectivity index (χ4v) is 1.23. The zero-order valence-corrected chi connectivity index (χ0v) is 10.6. The van der Waals surface area contributed by atoms with E-state index < -0.39 is 18.0 Å². The lowest BCUT2D eigenvalue weighted by Crippen LogP contribution is -2.51. The van der Waals surface area contributed by atoms with Crippen molar-refractivity contribution in [2.45, 2.75) is 52.6 Å². The first-order valence-electron chi connectivity index (χ1n) is 5.43. The molecule has 16 heavy (non-hydrogen) atoms. The second-order valence-electron chi connectivity index (χ2n) is 5.37. The Morgan fingerprint density at radius 1 is 1.25 bits per heavy atom. The summed E-state index contributed by atoms with van der Waals surface area (Å²) < 4.78 is 0. The molecule has 0 rings (SSSR count). The first-order valence-corrected chi connectivity index (χ1v) is 5.43. The lowest BCUT2D eigenvalue weighted by Gasteiger charge is -2.23. The van der Waals surface area contributed by atoms with Crippen molar-refractivity contribution in [1.29, 1.82) is 0 Å². The topological polar surface area (TPSA) is 78.4 Å². The van der Waals surface area contributed by atoms with E-state index in [0.717, 1.165) is 0 Å². The van der Waals surface area contributed by atoms with E-state index in [9.17, 15) is 9.59 Å². The maximum absolute atomic E-state index is 11.5. The lowest BCUT2D eigenvalue weighted by atomic mass is 10.0. The molecule has 5 nitrogen and oxygen atoms in total. The molecule has 0 radical (unpaired) electrons. The second kappa shape index (κ2) is 5.72. The van der Waals surface area contributed by atoms with Gasteiger partial charge in [-0.05, 0) is 33.1 Å². The molecule has 0 bridgehead atoms. The van der Waals surface area contributed by atoms with Crippen LogP contribution in [0.25, 0.3) is 0 Å². The SMILES string of the molecule is CC(C)C[C@H](NC(=O)NC(C)(C)C)C(=O)O. The Bertz CT molecular complexity index is 256. The molecule has 0 saturated carbocycles. The molecule has 5 heteroatoms. The molecule has 3 N–H and O–H groups in total. The molecule has 0 fully saturated rings. The second-order valence-corrected chi connectivity index (χ2v) is 5.37. The number of carbonyl (C=O) groups is 2. The van der Waals surface area contributed by atoms with Crippen molar-refractivity contribution >= 4 is 12.0 Å². The van der Waals surface area contributed by atoms with Crippen LogP contribution in [0.4, 0.5) is 4.79 Å². The number of amides is 2. The standard InChI is InChI=1S/C11H22N2O3/c1-7(2)6-8(9(14)15)12-10(16)13-11(3,4)5/h7-8H,6H2,1-5H3,(H,14,15)(H2,12,13,16)/t8-/m0/s1. The number of hydrogen-bond donors (Lipinski definition) is 3. The fourth-order valence-electron chi connectivity index (χ4n) is 1.23. The van der Waals surface area contributed by atoms with Crippen LogP contribution >= 0.6 is 0 Å². The largest absolute Gasteiger partial charge is 0.480 e. The Labute approximate surface area is 96.6 Å². The summed E-state index contributed by atoms with van der Waals surface area (Å²) in [5.74, 6) is -0.784. The van der Waals surface area contributed by atoms with Crippen molar-refractivity contribution in [3.05, 3.63) is 0 Å². The fraction of sp³-hybridized carbons (Fsp3) is 0.818. The third kappa shape index (κ3) is 7.09. The van der Waals surface area contributed by atoms with Crippen LogP contribution < -0.4 is 10.6 Å². The van der Waals surface area contributed by atoms with Gasteiger partial charge in [0.2, 0.25) is 0 Å². The van der Waals surface area contributed by atoms with Gasteiger partial charge in [-0.25, -0.2) is 9.59 Å². The number of carboxylic acid groups (broad SMARTS) is 1. The number of aliphatic carboxylic acids is 1. The summed E-state index contributed by atoms with van der Waals surface area (Å²) in [6.07, 6.45) is 0.424. The van der Waals surface area contributed by atoms with Gasteiger partial charge in [0.25, 0.3) is 0 Å². The molecule has 94 valence electrons. The molecule has 0 spiro atoms. The summed E-state index contributed by atoms with van der Waals surface area (Å²) in [6.45, 7) is 9.35. The molecule has 0 unspecified atom stereocenters. The third-order valence-corrected chi connectivity index (χ3v) is 1.80. The normalized spacial score (nSPS) is 13.4. The highest BCUT2D eigenvalue weighted by Gasteiger charge is 2.22. The smallest absolute Gasteiger partial charge is 0.326 e. The van der Waals surface area contributed by atoms with Gasteiger partial charge in [-0.2, -0.15) is 0 Å². The Morgan fingerprint density at radius 2 is 1.75 bits per heavy atom. The number of nitrogens with one attached hydrogen (secondary N) is 2. The van der Waals surface area contributed by atoms with Crippen LogP contribution in [0.5, 0.6) is 0 Å². The van der Waals surface area contributed by atoms with Crippen LogP contribution in [0, 0.1) is 5.92 Å². The first-order chi connectivity index (χ1) is 7.11. The van der Waals surface area contributed by atoms with E-state index in [4.69, 9.17) is 5.11 Å². The van der Waals surface area contributed by atoms with E-state index in [-0.39, 0.29) is 11.5 Å². The first kappa shape index (κ1) is 14.7. The van der Waals surface area contributed by atoms with Crippen LogP contribution in [0.15, 0.2) is 0 Å². The highest BCUT2D eigenvalue weighted by molar-refractivity contribution is 5.82. The van der Waals surface area contributed by atoms with E-state index in [1.54, 1.807) is 0 Å². The van der Waals surface area contributed by atoms with Crippen LogP contribution in [0.3, 0.4) is 0 Å². The monoisotopic (exact) mass is 230 g/mol. The molecule has 0 aromatic carbocycles. The number of urea groups is 1. The summed E-state index contributed by atoms with van der Waals surface area (Å²) in [5.41, 5.74) is -0.370. The van der Waals surface area contributed by atoms with Gasteiger partial charge in [0, 0.05) is 5.54 Å². The number of carboxylic acids is 1. The molecule has 2 amide bonds. The number of rotatable bonds is 4. The van der Waals surface area contributed by atoms with Crippen LogP contribution in [-0.4, -0.2) is 28.7 Å². The van der Waals surface area contributed by atoms with Gasteiger partial charge in [0.15, 0.2) is 0 Å². The van der Waals surface area contributed by atoms with E-state index in [0.29, 0.717) is 6.42 Å². The lowest BCUT2D eigenvalue weighted by molar-refractivity contribution is -0.139. The Kier molecular flexibility index (Phi) is 5.27. The summed E-state index contributed by atoms with van der Waals surface area (Å²) in [5, 5.41) is 14.0. The van der Waals surface area contributed by atoms with Crippen molar-refractivity contribution in [1.82, 2.24) is 10.6 Å². The van der Waals surface area contributed by atoms with Gasteiger partial charge in [0.05, 0.1) is 0 Å². The maximum Gasteiger partial charge on any atom is 0.326 e. The molecule has 0 saturated heterocycles. The highest BCUT2D eigenvalue weighted by Crippen LogP contribution is 2.05. The van der Waals surface area contributed by atoms with Gasteiger partial charge in [-0.1, -0.05) is 13.8 Å². The zero-order valence-electron chi connectivity index (χ0n) is 10.6. The quantitative estimate of drug-likeness (QED) is 0.686. The van der Waals surface area contributed by atoms with E-state index in [2.05, 4.69) is 10.6 Å². The Balaban J connectivity index is 4.30. The minimum absolute atomic E-state index is 0.219. The third-order valence-electron chi connectivity index (χ3n) is 1.80. The summed E-state index contributed by atoms with van der Waals surface area (Å²) >= 11 is 0. The molecular formula is C11H22N2O3. The molecule has 0 aliphatic rings. The average molecular weight is 230 g/mol. The molecule has 1 atom stereocenters. The molecular weight excluding hydrogens is 208 g/mol. The van der Waals surface area contributed by atoms with E-state index in [1.807, 2.05) is 34.6 Å². The van der Waals surface area contributed by atoms with Gasteiger partial charge in [-0.15, -0.1) is 0 Å². The summed E-state index contributed by atoms with van der Waals surface area (Å²) in [7, 11) is 0. The Hall–Kier alpha value is -1.26. The zero-order chi connectivity index (χ0) is 12.9. The predicted molar refractivity (Wildman–Crippen MR) is 62.3 cm³/mol. The van der Waals surface area contributed by atoms with Crippen molar-refractivity contribution in [3.63, 3.8) is 0 Å². The maximum atomic E-state index is 11.5. The van der Waals surface area contributed by atoms with Gasteiger partial charge < -0.3 is 15.7 Å². The van der Waals surface area contributed by atoms with Crippen LogP contribution in [0.1, 0.15) is 41.0 Å². The average Bonchev–Trinajstić information content (AvgIpc) is 1.97. The van der Waals surface area contributed by atoms with Crippen molar-refractivity contribution < 1.29 is 14.7 Å². The van der Waals surface area contributed by atoms with Gasteiger partial charge >= 0.3 is 12.0 Å². The molecule has 0 aromatic rings. The predicted octanol–water partition coefficient (Wildman–Crippen LogP) is 1.58.